The number of ether oxygens (including phenoxy) is 4. The Bertz CT molecular complexity index is 1040. The molecule has 3 rings (SSSR count). The Morgan fingerprint density at radius 3 is 1.18 bits per heavy atom. The van der Waals surface area contributed by atoms with Gasteiger partial charge in [-0.1, -0.05) is 36.4 Å². The highest BCUT2D eigenvalue weighted by Gasteiger charge is 2.14. The predicted molar refractivity (Wildman–Crippen MR) is 130 cm³/mol. The number of hydrogen-bond acceptors (Lipinski definition) is 6. The molecule has 0 aliphatic rings. The van der Waals surface area contributed by atoms with Gasteiger partial charge in [0.15, 0.2) is 0 Å². The van der Waals surface area contributed by atoms with E-state index in [9.17, 15) is 9.59 Å². The summed E-state index contributed by atoms with van der Waals surface area (Å²) in [6.07, 6.45) is 3.44. The van der Waals surface area contributed by atoms with Crippen molar-refractivity contribution < 1.29 is 28.5 Å². The van der Waals surface area contributed by atoms with Gasteiger partial charge in [0, 0.05) is 0 Å². The Labute approximate surface area is 200 Å². The van der Waals surface area contributed by atoms with Gasteiger partial charge in [0.1, 0.15) is 22.6 Å². The molecule has 0 saturated heterocycles. The number of aryl methyl sites for hydroxylation is 4. The largest absolute Gasteiger partial charge is 0.496 e. The second-order valence-corrected chi connectivity index (χ2v) is 7.87. The molecule has 0 aliphatic carbocycles. The fourth-order valence-corrected chi connectivity index (χ4v) is 3.79. The third-order valence-electron chi connectivity index (χ3n) is 5.77. The van der Waals surface area contributed by atoms with E-state index in [0.717, 1.165) is 36.8 Å². The van der Waals surface area contributed by atoms with Crippen molar-refractivity contribution >= 4 is 11.9 Å². The fourth-order valence-electron chi connectivity index (χ4n) is 3.79. The maximum atomic E-state index is 11.8. The van der Waals surface area contributed by atoms with Gasteiger partial charge in [0.2, 0.25) is 0 Å². The fraction of sp³-hybridized carbons (Fsp3) is 0.286. The molecular formula is C28H30O6. The van der Waals surface area contributed by atoms with Crippen molar-refractivity contribution in [2.45, 2.75) is 25.7 Å². The molecular weight excluding hydrogens is 432 g/mol. The first-order valence-electron chi connectivity index (χ1n) is 11.1. The number of carbonyl (C=O) groups excluding carboxylic acids is 2. The number of benzene rings is 3. The molecule has 0 atom stereocenters. The van der Waals surface area contributed by atoms with E-state index in [4.69, 9.17) is 18.9 Å². The summed E-state index contributed by atoms with van der Waals surface area (Å²) in [7, 11) is 5.82. The van der Waals surface area contributed by atoms with E-state index in [2.05, 4.69) is 24.3 Å². The Hall–Kier alpha value is -3.80. The smallest absolute Gasteiger partial charge is 0.341 e. The summed E-state index contributed by atoms with van der Waals surface area (Å²) in [6.45, 7) is 0. The number of carbonyl (C=O) groups is 2. The van der Waals surface area contributed by atoms with Gasteiger partial charge in [-0.3, -0.25) is 0 Å². The Morgan fingerprint density at radius 1 is 0.529 bits per heavy atom. The lowest BCUT2D eigenvalue weighted by molar-refractivity contribution is 0.0588. The van der Waals surface area contributed by atoms with Gasteiger partial charge in [-0.25, -0.2) is 9.59 Å². The summed E-state index contributed by atoms with van der Waals surface area (Å²) in [5.41, 5.74) is 5.52. The number of hydrogen-bond donors (Lipinski definition) is 0. The zero-order valence-corrected chi connectivity index (χ0v) is 20.1. The van der Waals surface area contributed by atoms with Gasteiger partial charge in [-0.05, 0) is 72.2 Å². The topological polar surface area (TPSA) is 71.1 Å². The minimum atomic E-state index is -0.406. The monoisotopic (exact) mass is 462 g/mol. The molecule has 178 valence electrons. The summed E-state index contributed by atoms with van der Waals surface area (Å²) in [5.74, 6) is 0.237. The molecule has 0 bridgehead atoms. The second-order valence-electron chi connectivity index (χ2n) is 7.87. The first kappa shape index (κ1) is 24.8. The highest BCUT2D eigenvalue weighted by atomic mass is 16.5. The molecule has 6 nitrogen and oxygen atoms in total. The van der Waals surface area contributed by atoms with Crippen LogP contribution in [0.2, 0.25) is 0 Å². The summed E-state index contributed by atoms with van der Waals surface area (Å²) >= 11 is 0. The summed E-state index contributed by atoms with van der Waals surface area (Å²) in [4.78, 5) is 23.6. The van der Waals surface area contributed by atoms with Crippen LogP contribution in [0.25, 0.3) is 0 Å². The van der Waals surface area contributed by atoms with Crippen LogP contribution in [0.4, 0.5) is 0 Å². The van der Waals surface area contributed by atoms with Crippen LogP contribution in [-0.2, 0) is 35.2 Å². The summed E-state index contributed by atoms with van der Waals surface area (Å²) < 4.78 is 20.3. The van der Waals surface area contributed by atoms with Crippen molar-refractivity contribution in [1.82, 2.24) is 0 Å². The summed E-state index contributed by atoms with van der Waals surface area (Å²) in [6, 6.07) is 19.7. The van der Waals surface area contributed by atoms with Gasteiger partial charge in [-0.15, -0.1) is 0 Å². The van der Waals surface area contributed by atoms with Crippen molar-refractivity contribution in [3.63, 3.8) is 0 Å². The first-order chi connectivity index (χ1) is 16.5. The van der Waals surface area contributed by atoms with Gasteiger partial charge in [0.25, 0.3) is 0 Å². The molecule has 3 aromatic rings. The van der Waals surface area contributed by atoms with Crippen LogP contribution in [0.1, 0.15) is 43.0 Å². The Kier molecular flexibility index (Phi) is 8.68. The first-order valence-corrected chi connectivity index (χ1v) is 11.1. The van der Waals surface area contributed by atoms with Crippen LogP contribution in [0.15, 0.2) is 60.7 Å². The lowest BCUT2D eigenvalue weighted by Gasteiger charge is -2.10. The zero-order valence-electron chi connectivity index (χ0n) is 20.1. The van der Waals surface area contributed by atoms with Crippen molar-refractivity contribution in [1.29, 1.82) is 0 Å². The maximum Gasteiger partial charge on any atom is 0.341 e. The number of rotatable bonds is 10. The third kappa shape index (κ3) is 6.16. The van der Waals surface area contributed by atoms with Crippen LogP contribution in [0.5, 0.6) is 11.5 Å². The highest BCUT2D eigenvalue weighted by Crippen LogP contribution is 2.23. The van der Waals surface area contributed by atoms with Gasteiger partial charge >= 0.3 is 11.9 Å². The van der Waals surface area contributed by atoms with Crippen LogP contribution in [0.3, 0.4) is 0 Å². The lowest BCUT2D eigenvalue weighted by Crippen LogP contribution is -2.05. The van der Waals surface area contributed by atoms with E-state index in [1.165, 1.54) is 25.3 Å². The Balaban J connectivity index is 1.57. The van der Waals surface area contributed by atoms with Gasteiger partial charge in [0.05, 0.1) is 28.4 Å². The third-order valence-corrected chi connectivity index (χ3v) is 5.77. The van der Waals surface area contributed by atoms with Crippen molar-refractivity contribution in [2.75, 3.05) is 28.4 Å². The standard InChI is InChI=1S/C28H30O6/c1-31-25-17-21(13-15-23(25)27(29)33-3)11-9-19-5-7-20(8-6-19)10-12-22-14-16-24(28(30)34-4)26(18-22)32-2/h5-8,13-18H,9-12H2,1-4H3. The van der Waals surface area contributed by atoms with Crippen molar-refractivity contribution in [3.05, 3.63) is 94.0 Å². The molecule has 0 radical (unpaired) electrons. The number of esters is 2. The molecule has 0 aliphatic heterocycles. The normalized spacial score (nSPS) is 10.5. The average molecular weight is 463 g/mol. The molecule has 0 aromatic heterocycles. The predicted octanol–water partition coefficient (Wildman–Crippen LogP) is 4.85. The van der Waals surface area contributed by atoms with Crippen LogP contribution < -0.4 is 9.47 Å². The average Bonchev–Trinajstić information content (AvgIpc) is 2.89. The lowest BCUT2D eigenvalue weighted by atomic mass is 9.99. The van der Waals surface area contributed by atoms with E-state index < -0.39 is 11.9 Å². The zero-order chi connectivity index (χ0) is 24.5. The molecule has 0 spiro atoms. The minimum absolute atomic E-state index is 0.406. The van der Waals surface area contributed by atoms with Crippen LogP contribution in [-0.4, -0.2) is 40.4 Å². The van der Waals surface area contributed by atoms with E-state index in [-0.39, 0.29) is 0 Å². The molecule has 0 heterocycles. The Morgan fingerprint density at radius 2 is 0.853 bits per heavy atom. The summed E-state index contributed by atoms with van der Waals surface area (Å²) in [5, 5.41) is 0. The number of methoxy groups -OCH3 is 4. The van der Waals surface area contributed by atoms with E-state index in [1.807, 2.05) is 24.3 Å². The van der Waals surface area contributed by atoms with E-state index in [1.54, 1.807) is 26.4 Å². The van der Waals surface area contributed by atoms with Gasteiger partial charge < -0.3 is 18.9 Å². The quantitative estimate of drug-likeness (QED) is 0.401. The van der Waals surface area contributed by atoms with E-state index in [0.29, 0.717) is 22.6 Å². The van der Waals surface area contributed by atoms with Crippen LogP contribution >= 0.6 is 0 Å². The van der Waals surface area contributed by atoms with E-state index >= 15 is 0 Å². The molecule has 0 fully saturated rings. The van der Waals surface area contributed by atoms with Crippen molar-refractivity contribution in [3.8, 4) is 11.5 Å². The maximum absolute atomic E-state index is 11.8. The molecule has 34 heavy (non-hydrogen) atoms. The minimum Gasteiger partial charge on any atom is -0.496 e. The molecule has 0 amide bonds. The second kappa shape index (κ2) is 11.9. The highest BCUT2D eigenvalue weighted by molar-refractivity contribution is 5.93. The molecule has 0 N–H and O–H groups in total. The van der Waals surface area contributed by atoms with Gasteiger partial charge in [-0.2, -0.15) is 0 Å². The molecule has 3 aromatic carbocycles. The SMILES string of the molecule is COC(=O)c1ccc(CCc2ccc(CCc3ccc(C(=O)OC)c(OC)c3)cc2)cc1OC. The molecule has 6 heteroatoms. The molecule has 0 unspecified atom stereocenters. The molecule has 0 saturated carbocycles. The van der Waals surface area contributed by atoms with Crippen LogP contribution in [0, 0.1) is 0 Å². The van der Waals surface area contributed by atoms with Crippen molar-refractivity contribution in [2.24, 2.45) is 0 Å².